The Balaban J connectivity index is 2.46. The summed E-state index contributed by atoms with van der Waals surface area (Å²) in [6, 6.07) is 4.15. The standard InChI is InChI=1S/C12H8ClF3N2O2S/c13-6-1-2-11(8(15)3-6)18-21(19,20)12-5-10(17)7(14)4-9(12)16/h1-5,18H,17H2. The first-order chi connectivity index (χ1) is 9.70. The maximum atomic E-state index is 13.6. The highest BCUT2D eigenvalue weighted by atomic mass is 35.5. The average molecular weight is 337 g/mol. The summed E-state index contributed by atoms with van der Waals surface area (Å²) in [6.07, 6.45) is 0. The number of sulfonamides is 1. The van der Waals surface area contributed by atoms with Gasteiger partial charge in [0.25, 0.3) is 10.0 Å². The van der Waals surface area contributed by atoms with Crippen LogP contribution in [0.25, 0.3) is 0 Å². The Morgan fingerprint density at radius 1 is 1.00 bits per heavy atom. The number of nitrogens with one attached hydrogen (secondary N) is 1. The SMILES string of the molecule is Nc1cc(S(=O)(=O)Nc2ccc(Cl)cc2F)c(F)cc1F. The summed E-state index contributed by atoms with van der Waals surface area (Å²) in [5.41, 5.74) is 4.23. The number of halogens is 4. The summed E-state index contributed by atoms with van der Waals surface area (Å²) < 4.78 is 66.0. The number of nitrogens with two attached hydrogens (primary N) is 1. The second-order valence-corrected chi connectivity index (χ2v) is 6.12. The van der Waals surface area contributed by atoms with Gasteiger partial charge < -0.3 is 5.73 Å². The van der Waals surface area contributed by atoms with Gasteiger partial charge in [0.1, 0.15) is 22.3 Å². The van der Waals surface area contributed by atoms with Crippen LogP contribution in [0.5, 0.6) is 0 Å². The van der Waals surface area contributed by atoms with Crippen LogP contribution in [0, 0.1) is 17.5 Å². The quantitative estimate of drug-likeness (QED) is 0.846. The number of rotatable bonds is 3. The lowest BCUT2D eigenvalue weighted by Gasteiger charge is -2.10. The van der Waals surface area contributed by atoms with Gasteiger partial charge in [-0.1, -0.05) is 11.6 Å². The van der Waals surface area contributed by atoms with Crippen molar-refractivity contribution in [1.82, 2.24) is 0 Å². The Morgan fingerprint density at radius 3 is 2.29 bits per heavy atom. The van der Waals surface area contributed by atoms with Crippen LogP contribution in [0.1, 0.15) is 0 Å². The van der Waals surface area contributed by atoms with Crippen LogP contribution < -0.4 is 10.5 Å². The van der Waals surface area contributed by atoms with Gasteiger partial charge >= 0.3 is 0 Å². The van der Waals surface area contributed by atoms with Gasteiger partial charge in [0.05, 0.1) is 11.4 Å². The highest BCUT2D eigenvalue weighted by molar-refractivity contribution is 7.92. The average Bonchev–Trinajstić information content (AvgIpc) is 2.37. The Morgan fingerprint density at radius 2 is 1.67 bits per heavy atom. The zero-order valence-corrected chi connectivity index (χ0v) is 11.8. The number of nitrogen functional groups attached to an aromatic ring is 1. The first-order valence-electron chi connectivity index (χ1n) is 5.43. The molecule has 0 aliphatic heterocycles. The minimum Gasteiger partial charge on any atom is -0.396 e. The smallest absolute Gasteiger partial charge is 0.264 e. The third kappa shape index (κ3) is 3.22. The van der Waals surface area contributed by atoms with E-state index in [4.69, 9.17) is 17.3 Å². The molecule has 0 spiro atoms. The van der Waals surface area contributed by atoms with Gasteiger partial charge in [-0.15, -0.1) is 0 Å². The van der Waals surface area contributed by atoms with E-state index in [1.165, 1.54) is 6.07 Å². The Labute approximate surface area is 123 Å². The maximum absolute atomic E-state index is 13.6. The Kier molecular flexibility index (Phi) is 4.02. The topological polar surface area (TPSA) is 72.2 Å². The first-order valence-corrected chi connectivity index (χ1v) is 7.29. The number of hydrogen-bond acceptors (Lipinski definition) is 3. The molecule has 0 aliphatic carbocycles. The van der Waals surface area contributed by atoms with E-state index in [1.54, 1.807) is 0 Å². The molecule has 0 aliphatic rings. The van der Waals surface area contributed by atoms with E-state index >= 15 is 0 Å². The predicted molar refractivity (Wildman–Crippen MR) is 73.0 cm³/mol. The Bertz CT molecular complexity index is 812. The van der Waals surface area contributed by atoms with E-state index in [0.29, 0.717) is 12.1 Å². The fraction of sp³-hybridized carbons (Fsp3) is 0. The third-order valence-corrected chi connectivity index (χ3v) is 4.13. The fourth-order valence-electron chi connectivity index (χ4n) is 1.52. The minimum atomic E-state index is -4.47. The van der Waals surface area contributed by atoms with Crippen LogP contribution in [0.15, 0.2) is 35.2 Å². The van der Waals surface area contributed by atoms with Gasteiger partial charge in [-0.2, -0.15) is 0 Å². The van der Waals surface area contributed by atoms with Gasteiger partial charge in [-0.05, 0) is 24.3 Å². The van der Waals surface area contributed by atoms with Crippen molar-refractivity contribution >= 4 is 33.0 Å². The molecule has 0 saturated heterocycles. The molecule has 0 aromatic heterocycles. The van der Waals surface area contributed by atoms with Crippen LogP contribution in [0.3, 0.4) is 0 Å². The lowest BCUT2D eigenvalue weighted by molar-refractivity contribution is 0.552. The van der Waals surface area contributed by atoms with Gasteiger partial charge in [0.2, 0.25) is 0 Å². The second-order valence-electron chi connectivity index (χ2n) is 4.03. The molecule has 0 bridgehead atoms. The van der Waals surface area contributed by atoms with Crippen LogP contribution >= 0.6 is 11.6 Å². The summed E-state index contributed by atoms with van der Waals surface area (Å²) in [6.45, 7) is 0. The summed E-state index contributed by atoms with van der Waals surface area (Å²) in [5.74, 6) is -3.38. The predicted octanol–water partition coefficient (Wildman–Crippen LogP) is 3.14. The molecule has 0 amide bonds. The van der Waals surface area contributed by atoms with Crippen LogP contribution in [0.4, 0.5) is 24.5 Å². The van der Waals surface area contributed by atoms with Crippen LogP contribution in [-0.2, 0) is 10.0 Å². The van der Waals surface area contributed by atoms with Crippen molar-refractivity contribution in [3.05, 3.63) is 52.8 Å². The van der Waals surface area contributed by atoms with Crippen LogP contribution in [-0.4, -0.2) is 8.42 Å². The largest absolute Gasteiger partial charge is 0.396 e. The number of anilines is 2. The minimum absolute atomic E-state index is 0.0626. The molecular formula is C12H8ClF3N2O2S. The maximum Gasteiger partial charge on any atom is 0.264 e. The molecule has 9 heteroatoms. The molecule has 0 saturated carbocycles. The van der Waals surface area contributed by atoms with Gasteiger partial charge in [0, 0.05) is 11.1 Å². The molecule has 2 rings (SSSR count). The molecule has 0 heterocycles. The van der Waals surface area contributed by atoms with Gasteiger partial charge in [-0.25, -0.2) is 21.6 Å². The molecular weight excluding hydrogens is 329 g/mol. The number of benzene rings is 2. The fourth-order valence-corrected chi connectivity index (χ4v) is 2.84. The summed E-state index contributed by atoms with van der Waals surface area (Å²) in [4.78, 5) is -0.893. The lowest BCUT2D eigenvalue weighted by atomic mass is 10.3. The van der Waals surface area contributed by atoms with E-state index in [0.717, 1.165) is 12.1 Å². The molecule has 2 aromatic rings. The molecule has 3 N–H and O–H groups in total. The van der Waals surface area contributed by atoms with Gasteiger partial charge in [-0.3, -0.25) is 4.72 Å². The van der Waals surface area contributed by atoms with Gasteiger partial charge in [0.15, 0.2) is 0 Å². The lowest BCUT2D eigenvalue weighted by Crippen LogP contribution is -2.16. The van der Waals surface area contributed by atoms with E-state index in [-0.39, 0.29) is 5.02 Å². The van der Waals surface area contributed by atoms with Crippen molar-refractivity contribution in [2.75, 3.05) is 10.5 Å². The van der Waals surface area contributed by atoms with Crippen LogP contribution in [0.2, 0.25) is 5.02 Å². The molecule has 21 heavy (non-hydrogen) atoms. The molecule has 112 valence electrons. The second kappa shape index (κ2) is 5.45. The molecule has 2 aromatic carbocycles. The van der Waals surface area contributed by atoms with E-state index in [2.05, 4.69) is 0 Å². The normalized spacial score (nSPS) is 11.4. The van der Waals surface area contributed by atoms with E-state index < -0.39 is 43.7 Å². The summed E-state index contributed by atoms with van der Waals surface area (Å²) >= 11 is 5.53. The summed E-state index contributed by atoms with van der Waals surface area (Å²) in [7, 11) is -4.47. The van der Waals surface area contributed by atoms with Crippen molar-refractivity contribution in [3.8, 4) is 0 Å². The van der Waals surface area contributed by atoms with Crippen molar-refractivity contribution in [2.45, 2.75) is 4.90 Å². The highest BCUT2D eigenvalue weighted by Crippen LogP contribution is 2.25. The Hall–Kier alpha value is -1.93. The monoisotopic (exact) mass is 336 g/mol. The van der Waals surface area contributed by atoms with E-state index in [9.17, 15) is 21.6 Å². The zero-order valence-electron chi connectivity index (χ0n) is 10.2. The van der Waals surface area contributed by atoms with Crippen molar-refractivity contribution in [1.29, 1.82) is 0 Å². The van der Waals surface area contributed by atoms with Crippen molar-refractivity contribution < 1.29 is 21.6 Å². The molecule has 4 nitrogen and oxygen atoms in total. The van der Waals surface area contributed by atoms with Crippen molar-refractivity contribution in [3.63, 3.8) is 0 Å². The summed E-state index contributed by atoms with van der Waals surface area (Å²) in [5, 5.41) is 0.0626. The molecule has 0 fully saturated rings. The zero-order chi connectivity index (χ0) is 15.8. The highest BCUT2D eigenvalue weighted by Gasteiger charge is 2.22. The molecule has 0 unspecified atom stereocenters. The van der Waals surface area contributed by atoms with E-state index in [1.807, 2.05) is 4.72 Å². The molecule has 0 atom stereocenters. The first kappa shape index (κ1) is 15.5. The van der Waals surface area contributed by atoms with Crippen molar-refractivity contribution in [2.24, 2.45) is 0 Å². The number of hydrogen-bond donors (Lipinski definition) is 2. The molecule has 0 radical (unpaired) electrons. The third-order valence-electron chi connectivity index (χ3n) is 2.52.